The van der Waals surface area contributed by atoms with E-state index in [1.807, 2.05) is 0 Å². The highest BCUT2D eigenvalue weighted by Crippen LogP contribution is 2.14. The Bertz CT molecular complexity index is 2070. The minimum atomic E-state index is -1.81. The molecule has 1 aromatic carbocycles. The second-order valence-electron chi connectivity index (χ2n) is 16.6. The molecule has 68 heavy (non-hydrogen) atoms. The fourth-order valence-corrected chi connectivity index (χ4v) is 6.86. The summed E-state index contributed by atoms with van der Waals surface area (Å²) in [5.41, 5.74) is 12.0. The molecule has 25 nitrogen and oxygen atoms in total. The molecule has 0 saturated heterocycles. The number of carboxylic acid groups (broad SMARTS) is 2. The third-order valence-corrected chi connectivity index (χ3v) is 10.8. The number of aromatic nitrogens is 2. The summed E-state index contributed by atoms with van der Waals surface area (Å²) in [4.78, 5) is 138. The first-order chi connectivity index (χ1) is 31.8. The van der Waals surface area contributed by atoms with E-state index in [-0.39, 0.29) is 25.0 Å². The average Bonchev–Trinajstić information content (AvgIpc) is 3.77. The van der Waals surface area contributed by atoms with Gasteiger partial charge in [0.2, 0.25) is 47.3 Å². The molecule has 1 aromatic heterocycles. The molecule has 0 spiro atoms. The maximum Gasteiger partial charge on any atom is 0.328 e. The van der Waals surface area contributed by atoms with Gasteiger partial charge in [-0.05, 0) is 54.9 Å². The number of aliphatic hydroxyl groups excluding tert-OH is 1. The molecule has 2 aromatic rings. The number of primary amides is 1. The van der Waals surface area contributed by atoms with Gasteiger partial charge in [0.25, 0.3) is 0 Å². The standard InChI is InChI=1S/C42H63N11O14S/c1-19(2)32(52-41(65)33(20(3)4)51-39(63)29(16-31(57)58)47-35(59)25(43)11-12-68-6)40(64)50-26(13-22-7-9-24(55)10-8-22)36(60)49-28(15-30(44)56)37(61)48-27(14-23-17-45-18-46-23)38(62)53-34(21(5)54)42(66)67/h7-10,17-21,25-29,32-34,54-55H,11-16,43H2,1-6H3,(H2,44,56)(H,45,46)(H,47,59)(H,48,61)(H,49,60)(H,50,64)(H,51,63)(H,52,65)(H,53,62)(H,57,58)(H,66,67). The van der Waals surface area contributed by atoms with Gasteiger partial charge in [0.05, 0.1) is 31.3 Å². The predicted molar refractivity (Wildman–Crippen MR) is 244 cm³/mol. The summed E-state index contributed by atoms with van der Waals surface area (Å²) in [6.07, 6.45) is 0.763. The molecular weight excluding hydrogens is 915 g/mol. The highest BCUT2D eigenvalue weighted by atomic mass is 32.2. The van der Waals surface area contributed by atoms with Crippen LogP contribution >= 0.6 is 11.8 Å². The zero-order valence-corrected chi connectivity index (χ0v) is 39.3. The van der Waals surface area contributed by atoms with Crippen LogP contribution in [0, 0.1) is 11.8 Å². The summed E-state index contributed by atoms with van der Waals surface area (Å²) in [6, 6.07) is -6.77. The van der Waals surface area contributed by atoms with Gasteiger partial charge in [-0.25, -0.2) is 9.78 Å². The van der Waals surface area contributed by atoms with Gasteiger partial charge in [0.15, 0.2) is 6.04 Å². The quantitative estimate of drug-likeness (QED) is 0.0376. The van der Waals surface area contributed by atoms with E-state index < -0.39 is 138 Å². The van der Waals surface area contributed by atoms with Crippen LogP contribution in [0.2, 0.25) is 0 Å². The third-order valence-electron chi connectivity index (χ3n) is 10.2. The van der Waals surface area contributed by atoms with Crippen LogP contribution in [0.25, 0.3) is 0 Å². The molecular formula is C42H63N11O14S. The number of phenols is 1. The SMILES string of the molecule is CSCCC(N)C(=O)NC(CC(=O)O)C(=O)NC(C(=O)NC(C(=O)NC(Cc1ccc(O)cc1)C(=O)NC(CC(N)=O)C(=O)NC(Cc1cnc[nH]1)C(=O)NC(C(=O)O)C(C)O)C(C)C)C(C)C. The molecule has 0 saturated carbocycles. The van der Waals surface area contributed by atoms with Gasteiger partial charge in [-0.1, -0.05) is 39.8 Å². The molecule has 9 unspecified atom stereocenters. The van der Waals surface area contributed by atoms with E-state index in [0.29, 0.717) is 17.0 Å². The number of H-pyrrole nitrogens is 1. The lowest BCUT2D eigenvalue weighted by atomic mass is 9.98. The van der Waals surface area contributed by atoms with E-state index in [2.05, 4.69) is 47.2 Å². The summed E-state index contributed by atoms with van der Waals surface area (Å²) in [5, 5.41) is 55.6. The molecule has 0 aliphatic rings. The van der Waals surface area contributed by atoms with Crippen molar-refractivity contribution in [3.8, 4) is 5.75 Å². The first-order valence-electron chi connectivity index (χ1n) is 21.4. The number of nitrogens with two attached hydrogens (primary N) is 2. The van der Waals surface area contributed by atoms with Gasteiger partial charge in [0.1, 0.15) is 42.0 Å². The largest absolute Gasteiger partial charge is 0.508 e. The van der Waals surface area contributed by atoms with Crippen molar-refractivity contribution in [1.82, 2.24) is 47.2 Å². The molecule has 16 N–H and O–H groups in total. The highest BCUT2D eigenvalue weighted by Gasteiger charge is 2.37. The van der Waals surface area contributed by atoms with Gasteiger partial charge in [-0.2, -0.15) is 11.8 Å². The molecule has 0 aliphatic heterocycles. The first-order valence-corrected chi connectivity index (χ1v) is 22.8. The molecule has 0 bridgehead atoms. The van der Waals surface area contributed by atoms with Crippen molar-refractivity contribution in [2.24, 2.45) is 23.3 Å². The number of aromatic amines is 1. The molecule has 26 heteroatoms. The Labute approximate surface area is 395 Å². The Morgan fingerprint density at radius 1 is 0.647 bits per heavy atom. The summed E-state index contributed by atoms with van der Waals surface area (Å²) < 4.78 is 0. The second kappa shape index (κ2) is 27.7. The average molecular weight is 978 g/mol. The molecule has 9 atom stereocenters. The number of rotatable bonds is 29. The smallest absolute Gasteiger partial charge is 0.328 e. The molecule has 1 heterocycles. The van der Waals surface area contributed by atoms with Crippen molar-refractivity contribution >= 4 is 71.0 Å². The maximum atomic E-state index is 14.2. The van der Waals surface area contributed by atoms with E-state index in [1.54, 1.807) is 34.0 Å². The Balaban J connectivity index is 2.44. The summed E-state index contributed by atoms with van der Waals surface area (Å²) in [5.74, 6) is -12.0. The zero-order chi connectivity index (χ0) is 51.4. The van der Waals surface area contributed by atoms with Crippen molar-refractivity contribution in [1.29, 1.82) is 0 Å². The lowest BCUT2D eigenvalue weighted by Gasteiger charge is -2.30. The van der Waals surface area contributed by atoms with Crippen LogP contribution in [0.15, 0.2) is 36.8 Å². The van der Waals surface area contributed by atoms with Gasteiger partial charge < -0.3 is 74.1 Å². The number of phenolic OH excluding ortho intramolecular Hbond substituents is 1. The molecule has 0 radical (unpaired) electrons. The van der Waals surface area contributed by atoms with Crippen LogP contribution in [0.5, 0.6) is 5.75 Å². The number of amides is 8. The molecule has 2 rings (SSSR count). The monoisotopic (exact) mass is 977 g/mol. The van der Waals surface area contributed by atoms with Crippen LogP contribution in [-0.4, -0.2) is 156 Å². The number of aromatic hydroxyl groups is 1. The van der Waals surface area contributed by atoms with Gasteiger partial charge >= 0.3 is 11.9 Å². The Hall–Kier alpha value is -6.80. The first kappa shape index (κ1) is 57.3. The van der Waals surface area contributed by atoms with Gasteiger partial charge in [-0.15, -0.1) is 0 Å². The predicted octanol–water partition coefficient (Wildman–Crippen LogP) is -3.50. The van der Waals surface area contributed by atoms with Crippen molar-refractivity contribution in [2.75, 3.05) is 12.0 Å². The fraction of sp³-hybridized carbons (Fsp3) is 0.548. The summed E-state index contributed by atoms with van der Waals surface area (Å²) in [6.45, 7) is 7.35. The van der Waals surface area contributed by atoms with Crippen LogP contribution in [0.1, 0.15) is 65.1 Å². The molecule has 376 valence electrons. The lowest BCUT2D eigenvalue weighted by Crippen LogP contribution is -2.62. The van der Waals surface area contributed by atoms with Crippen molar-refractivity contribution in [3.05, 3.63) is 48.0 Å². The Morgan fingerprint density at radius 3 is 1.60 bits per heavy atom. The van der Waals surface area contributed by atoms with Crippen LogP contribution < -0.4 is 48.7 Å². The number of aliphatic carboxylic acids is 2. The number of carbonyl (C=O) groups excluding carboxylic acids is 8. The highest BCUT2D eigenvalue weighted by molar-refractivity contribution is 7.98. The number of aliphatic hydroxyl groups is 1. The fourth-order valence-electron chi connectivity index (χ4n) is 6.37. The second-order valence-corrected chi connectivity index (χ2v) is 17.6. The normalized spacial score (nSPS) is 15.1. The van der Waals surface area contributed by atoms with E-state index in [9.17, 15) is 68.4 Å². The topological polar surface area (TPSA) is 417 Å². The van der Waals surface area contributed by atoms with Gasteiger partial charge in [0, 0.05) is 24.7 Å². The molecule has 8 amide bonds. The zero-order valence-electron chi connectivity index (χ0n) is 38.4. The molecule has 0 fully saturated rings. The number of nitrogens with one attached hydrogen (secondary N) is 8. The van der Waals surface area contributed by atoms with E-state index in [4.69, 9.17) is 11.5 Å². The van der Waals surface area contributed by atoms with E-state index in [0.717, 1.165) is 6.92 Å². The van der Waals surface area contributed by atoms with Crippen molar-refractivity contribution in [2.45, 2.75) is 121 Å². The lowest BCUT2D eigenvalue weighted by molar-refractivity contribution is -0.145. The summed E-state index contributed by atoms with van der Waals surface area (Å²) >= 11 is 1.43. The van der Waals surface area contributed by atoms with E-state index in [1.165, 1.54) is 48.6 Å². The number of benzene rings is 1. The van der Waals surface area contributed by atoms with Crippen LogP contribution in [0.4, 0.5) is 0 Å². The minimum absolute atomic E-state index is 0.130. The number of carboxylic acids is 2. The molecule has 0 aliphatic carbocycles. The number of thioether (sulfide) groups is 1. The van der Waals surface area contributed by atoms with Crippen LogP contribution in [-0.2, 0) is 60.8 Å². The number of hydrogen-bond donors (Lipinski definition) is 14. The number of imidazole rings is 1. The maximum absolute atomic E-state index is 14.2. The Morgan fingerprint density at radius 2 is 1.10 bits per heavy atom. The van der Waals surface area contributed by atoms with Crippen LogP contribution in [0.3, 0.4) is 0 Å². The number of hydrogen-bond acceptors (Lipinski definition) is 15. The minimum Gasteiger partial charge on any atom is -0.508 e. The number of nitrogens with zero attached hydrogens (tertiary/aromatic N) is 1. The van der Waals surface area contributed by atoms with Crippen molar-refractivity contribution in [3.63, 3.8) is 0 Å². The number of carbonyl (C=O) groups is 10. The third kappa shape index (κ3) is 19.2. The Kier molecular flexibility index (Phi) is 23.4. The van der Waals surface area contributed by atoms with Crippen molar-refractivity contribution < 1.29 is 68.4 Å². The van der Waals surface area contributed by atoms with Gasteiger partial charge in [-0.3, -0.25) is 43.2 Å². The van der Waals surface area contributed by atoms with E-state index >= 15 is 0 Å². The summed E-state index contributed by atoms with van der Waals surface area (Å²) in [7, 11) is 0.